The highest BCUT2D eigenvalue weighted by atomic mass is 79.9. The average molecular weight is 216 g/mol. The van der Waals surface area contributed by atoms with Gasteiger partial charge in [0.15, 0.2) is 0 Å². The third-order valence-corrected chi connectivity index (χ3v) is 2.03. The Kier molecular flexibility index (Phi) is 3.04. The van der Waals surface area contributed by atoms with Crippen LogP contribution in [0.25, 0.3) is 0 Å². The van der Waals surface area contributed by atoms with Crippen molar-refractivity contribution in [1.29, 1.82) is 0 Å². The largest absolute Gasteiger partial charge is 0.236 e. The summed E-state index contributed by atoms with van der Waals surface area (Å²) in [5, 5.41) is 0. The van der Waals surface area contributed by atoms with Crippen LogP contribution in [0.1, 0.15) is 6.42 Å². The Hall–Kier alpha value is -0.200. The molecule has 0 amide bonds. The minimum Gasteiger partial charge on any atom is -0.236 e. The van der Waals surface area contributed by atoms with E-state index in [4.69, 9.17) is 0 Å². The van der Waals surface area contributed by atoms with E-state index >= 15 is 0 Å². The van der Waals surface area contributed by atoms with Crippen LogP contribution in [-0.4, -0.2) is 0 Å². The molecule has 1 aliphatic carbocycles. The lowest BCUT2D eigenvalue weighted by Gasteiger charge is -1.88. The molecule has 0 aromatic heterocycles. The molecule has 0 saturated carbocycles. The lowest BCUT2D eigenvalue weighted by molar-refractivity contribution is 1.31. The van der Waals surface area contributed by atoms with Gasteiger partial charge in [-0.3, -0.25) is 0 Å². The maximum Gasteiger partial charge on any atom is 0.0635 e. The molecule has 0 aromatic carbocycles. The van der Waals surface area contributed by atoms with Crippen LogP contribution >= 0.6 is 25.0 Å². The van der Waals surface area contributed by atoms with Gasteiger partial charge in [-0.2, -0.15) is 0 Å². The fourth-order valence-corrected chi connectivity index (χ4v) is 1.15. The predicted molar refractivity (Wildman–Crippen MR) is 49.6 cm³/mol. The van der Waals surface area contributed by atoms with Crippen molar-refractivity contribution >= 4 is 25.0 Å². The number of hydrogen-bond acceptors (Lipinski definition) is 1. The van der Waals surface area contributed by atoms with Crippen LogP contribution in [0.4, 0.5) is 0 Å². The van der Waals surface area contributed by atoms with Gasteiger partial charge in [0.05, 0.1) is 5.70 Å². The van der Waals surface area contributed by atoms with Crippen LogP contribution < -0.4 is 0 Å². The summed E-state index contributed by atoms with van der Waals surface area (Å²) in [6.07, 6.45) is 8.88. The lowest BCUT2D eigenvalue weighted by Crippen LogP contribution is -1.66. The van der Waals surface area contributed by atoms with E-state index in [1.54, 1.807) is 0 Å². The Morgan fingerprint density at radius 3 is 3.10 bits per heavy atom. The summed E-state index contributed by atoms with van der Waals surface area (Å²) in [7, 11) is 3.08. The molecule has 52 valence electrons. The van der Waals surface area contributed by atoms with Gasteiger partial charge in [-0.15, -0.1) is 0 Å². The predicted octanol–water partition coefficient (Wildman–Crippen LogP) is 3.44. The molecule has 0 atom stereocenters. The second-order valence-electron chi connectivity index (χ2n) is 1.92. The molecule has 0 N–H and O–H groups in total. The van der Waals surface area contributed by atoms with Crippen molar-refractivity contribution in [1.82, 2.24) is 0 Å². The first kappa shape index (κ1) is 7.90. The van der Waals surface area contributed by atoms with E-state index < -0.39 is 0 Å². The van der Waals surface area contributed by atoms with Gasteiger partial charge in [0.1, 0.15) is 0 Å². The van der Waals surface area contributed by atoms with Crippen molar-refractivity contribution in [2.45, 2.75) is 6.42 Å². The van der Waals surface area contributed by atoms with Crippen LogP contribution in [0.3, 0.4) is 0 Å². The number of halogens is 1. The molecule has 0 saturated heterocycles. The minimum absolute atomic E-state index is 0.913. The number of nitrogens with zero attached hydrogens (tertiary/aromatic N) is 1. The van der Waals surface area contributed by atoms with Crippen molar-refractivity contribution in [3.8, 4) is 0 Å². The maximum atomic E-state index is 3.87. The molecular formula is C7H7BrNP. The Labute approximate surface area is 71.0 Å². The van der Waals surface area contributed by atoms with E-state index in [2.05, 4.69) is 29.7 Å². The van der Waals surface area contributed by atoms with E-state index in [1.807, 2.05) is 24.3 Å². The normalized spacial score (nSPS) is 17.3. The van der Waals surface area contributed by atoms with Gasteiger partial charge < -0.3 is 0 Å². The Balaban J connectivity index is 2.78. The third-order valence-electron chi connectivity index (χ3n) is 1.18. The van der Waals surface area contributed by atoms with Gasteiger partial charge in [0, 0.05) is 0 Å². The lowest BCUT2D eigenvalue weighted by atomic mass is 10.3. The van der Waals surface area contributed by atoms with Crippen molar-refractivity contribution in [3.63, 3.8) is 0 Å². The summed E-state index contributed by atoms with van der Waals surface area (Å²) in [4.78, 5) is 0. The van der Waals surface area contributed by atoms with Gasteiger partial charge in [-0.25, -0.2) is 4.74 Å². The Bertz CT molecular complexity index is 228. The van der Waals surface area contributed by atoms with E-state index in [0.717, 1.165) is 12.1 Å². The van der Waals surface area contributed by atoms with Crippen LogP contribution in [0.5, 0.6) is 0 Å². The SMILES string of the molecule is P=NC1=CCC(Br)=CC=C1. The van der Waals surface area contributed by atoms with Crippen molar-refractivity contribution in [3.05, 3.63) is 34.5 Å². The first-order chi connectivity index (χ1) is 4.83. The van der Waals surface area contributed by atoms with Crippen molar-refractivity contribution < 1.29 is 0 Å². The first-order valence-electron chi connectivity index (χ1n) is 2.93. The third kappa shape index (κ3) is 2.20. The van der Waals surface area contributed by atoms with E-state index in [-0.39, 0.29) is 0 Å². The quantitative estimate of drug-likeness (QED) is 0.595. The molecular weight excluding hydrogens is 209 g/mol. The van der Waals surface area contributed by atoms with E-state index in [0.29, 0.717) is 0 Å². The van der Waals surface area contributed by atoms with Crippen LogP contribution in [0.2, 0.25) is 0 Å². The van der Waals surface area contributed by atoms with E-state index in [9.17, 15) is 0 Å². The Morgan fingerprint density at radius 1 is 1.60 bits per heavy atom. The molecule has 3 heteroatoms. The highest BCUT2D eigenvalue weighted by molar-refractivity contribution is 9.11. The average Bonchev–Trinajstić information content (AvgIpc) is 2.14. The summed E-state index contributed by atoms with van der Waals surface area (Å²) < 4.78 is 5.04. The van der Waals surface area contributed by atoms with Crippen molar-refractivity contribution in [2.75, 3.05) is 0 Å². The molecule has 0 aliphatic heterocycles. The molecule has 0 unspecified atom stereocenters. The molecule has 1 rings (SSSR count). The Morgan fingerprint density at radius 2 is 2.40 bits per heavy atom. The molecule has 1 nitrogen and oxygen atoms in total. The molecule has 1 aliphatic rings. The molecule has 0 aromatic rings. The van der Waals surface area contributed by atoms with Gasteiger partial charge in [0.25, 0.3) is 0 Å². The smallest absolute Gasteiger partial charge is 0.0635 e. The highest BCUT2D eigenvalue weighted by Gasteiger charge is 1.93. The van der Waals surface area contributed by atoms with Gasteiger partial charge in [-0.05, 0) is 26.0 Å². The summed E-state index contributed by atoms with van der Waals surface area (Å²) in [5.74, 6) is 0. The summed E-state index contributed by atoms with van der Waals surface area (Å²) >= 11 is 3.40. The number of hydrogen-bond donors (Lipinski definition) is 0. The van der Waals surface area contributed by atoms with Crippen LogP contribution in [-0.2, 0) is 0 Å². The zero-order chi connectivity index (χ0) is 7.40. The first-order valence-corrected chi connectivity index (χ1v) is 4.17. The fourth-order valence-electron chi connectivity index (χ4n) is 0.672. The van der Waals surface area contributed by atoms with Crippen LogP contribution in [0.15, 0.2) is 39.2 Å². The number of allylic oxidation sites excluding steroid dienone is 5. The molecule has 0 heterocycles. The van der Waals surface area contributed by atoms with Crippen molar-refractivity contribution in [2.24, 2.45) is 4.74 Å². The standard InChI is InChI=1S/C7H7BrNP/c8-6-2-1-3-7(9-10)5-4-6/h1-3,5,10H,4H2. The summed E-state index contributed by atoms with van der Waals surface area (Å²) in [6.45, 7) is 0. The molecule has 0 radical (unpaired) electrons. The van der Waals surface area contributed by atoms with Crippen LogP contribution in [0, 0.1) is 0 Å². The zero-order valence-electron chi connectivity index (χ0n) is 5.34. The highest BCUT2D eigenvalue weighted by Crippen LogP contribution is 2.17. The fraction of sp³-hybridized carbons (Fsp3) is 0.143. The maximum absolute atomic E-state index is 3.87. The topological polar surface area (TPSA) is 12.4 Å². The summed E-state index contributed by atoms with van der Waals surface area (Å²) in [6, 6.07) is 0. The zero-order valence-corrected chi connectivity index (χ0v) is 7.93. The van der Waals surface area contributed by atoms with Gasteiger partial charge in [0.2, 0.25) is 0 Å². The molecule has 0 fully saturated rings. The summed E-state index contributed by atoms with van der Waals surface area (Å²) in [5.41, 5.74) is 0.961. The molecule has 10 heavy (non-hydrogen) atoms. The molecule has 0 bridgehead atoms. The second-order valence-corrected chi connectivity index (χ2v) is 3.16. The van der Waals surface area contributed by atoms with Gasteiger partial charge in [-0.1, -0.05) is 34.2 Å². The van der Waals surface area contributed by atoms with E-state index in [1.165, 1.54) is 4.48 Å². The minimum atomic E-state index is 0.913. The molecule has 0 spiro atoms. The second kappa shape index (κ2) is 3.85. The number of rotatable bonds is 1. The van der Waals surface area contributed by atoms with Gasteiger partial charge >= 0.3 is 0 Å². The monoisotopic (exact) mass is 215 g/mol.